The third-order valence-corrected chi connectivity index (χ3v) is 5.04. The highest BCUT2D eigenvalue weighted by molar-refractivity contribution is 7.98. The summed E-state index contributed by atoms with van der Waals surface area (Å²) in [7, 11) is 3.51. The average Bonchev–Trinajstić information content (AvgIpc) is 2.67. The van der Waals surface area contributed by atoms with Crippen molar-refractivity contribution >= 4 is 29.3 Å². The van der Waals surface area contributed by atoms with Gasteiger partial charge in [-0.05, 0) is 31.2 Å². The van der Waals surface area contributed by atoms with Gasteiger partial charge in [-0.3, -0.25) is 4.79 Å². The lowest BCUT2D eigenvalue weighted by Gasteiger charge is -2.34. The van der Waals surface area contributed by atoms with Crippen molar-refractivity contribution in [3.63, 3.8) is 0 Å². The van der Waals surface area contributed by atoms with Crippen LogP contribution in [0.4, 0.5) is 5.69 Å². The Balaban J connectivity index is 1.87. The van der Waals surface area contributed by atoms with Crippen LogP contribution in [0.5, 0.6) is 0 Å². The van der Waals surface area contributed by atoms with Gasteiger partial charge in [0.15, 0.2) is 5.96 Å². The van der Waals surface area contributed by atoms with Crippen LogP contribution in [0.2, 0.25) is 0 Å². The maximum atomic E-state index is 11.8. The molecule has 7 heteroatoms. The fourth-order valence-electron chi connectivity index (χ4n) is 2.83. The molecule has 6 nitrogen and oxygen atoms in total. The van der Waals surface area contributed by atoms with E-state index in [-0.39, 0.29) is 12.5 Å². The molecule has 1 saturated heterocycles. The number of anilines is 1. The highest BCUT2D eigenvalue weighted by Gasteiger charge is 2.20. The predicted octanol–water partition coefficient (Wildman–Crippen LogP) is 1.64. The molecule has 2 N–H and O–H groups in total. The first kappa shape index (κ1) is 20.4. The predicted molar refractivity (Wildman–Crippen MR) is 112 cm³/mol. The second-order valence-electron chi connectivity index (χ2n) is 6.61. The van der Waals surface area contributed by atoms with Gasteiger partial charge in [0.1, 0.15) is 6.54 Å². The minimum absolute atomic E-state index is 0.00913. The minimum Gasteiger partial charge on any atom is -0.371 e. The van der Waals surface area contributed by atoms with E-state index in [1.807, 2.05) is 0 Å². The third kappa shape index (κ3) is 6.78. The monoisotopic (exact) mass is 377 g/mol. The first-order valence-electron chi connectivity index (χ1n) is 9.14. The van der Waals surface area contributed by atoms with Crippen LogP contribution >= 0.6 is 11.8 Å². The van der Waals surface area contributed by atoms with Gasteiger partial charge < -0.3 is 20.4 Å². The second kappa shape index (κ2) is 11.0. The summed E-state index contributed by atoms with van der Waals surface area (Å²) in [6, 6.07) is 10.9. The lowest BCUT2D eigenvalue weighted by Crippen LogP contribution is -2.49. The van der Waals surface area contributed by atoms with E-state index in [0.717, 1.165) is 44.2 Å². The van der Waals surface area contributed by atoms with Crippen LogP contribution in [0.1, 0.15) is 12.8 Å². The number of thioether (sulfide) groups is 1. The molecule has 144 valence electrons. The van der Waals surface area contributed by atoms with Crippen molar-refractivity contribution in [2.75, 3.05) is 57.2 Å². The first-order valence-corrected chi connectivity index (χ1v) is 10.5. The van der Waals surface area contributed by atoms with Crippen LogP contribution in [0, 0.1) is 0 Å². The van der Waals surface area contributed by atoms with E-state index in [0.29, 0.717) is 6.04 Å². The molecule has 1 heterocycles. The second-order valence-corrected chi connectivity index (χ2v) is 7.60. The van der Waals surface area contributed by atoms with Gasteiger partial charge in [-0.25, -0.2) is 4.99 Å². The van der Waals surface area contributed by atoms with Gasteiger partial charge in [0.2, 0.25) is 5.91 Å². The molecular formula is C19H31N5OS. The Morgan fingerprint density at radius 1 is 1.27 bits per heavy atom. The Hall–Kier alpha value is -1.89. The number of nitrogens with one attached hydrogen (secondary N) is 2. The number of rotatable bonds is 7. The SMILES string of the molecule is CSCCNC(=NCC(=O)N(C)C)NC1CCN(c2ccccc2)CC1. The van der Waals surface area contributed by atoms with E-state index in [1.54, 1.807) is 30.8 Å². The van der Waals surface area contributed by atoms with Crippen molar-refractivity contribution in [1.82, 2.24) is 15.5 Å². The summed E-state index contributed by atoms with van der Waals surface area (Å²) in [4.78, 5) is 20.3. The number of benzene rings is 1. The van der Waals surface area contributed by atoms with E-state index < -0.39 is 0 Å². The summed E-state index contributed by atoms with van der Waals surface area (Å²) in [5.74, 6) is 1.76. The number of aliphatic imine (C=N–C) groups is 1. The molecule has 1 amide bonds. The van der Waals surface area contributed by atoms with Crippen molar-refractivity contribution in [2.24, 2.45) is 4.99 Å². The Labute approximate surface area is 161 Å². The van der Waals surface area contributed by atoms with Crippen LogP contribution < -0.4 is 15.5 Å². The molecular weight excluding hydrogens is 346 g/mol. The topological polar surface area (TPSA) is 60.0 Å². The Kier molecular flexibility index (Phi) is 8.61. The van der Waals surface area contributed by atoms with Gasteiger partial charge in [-0.1, -0.05) is 18.2 Å². The third-order valence-electron chi connectivity index (χ3n) is 4.43. The summed E-state index contributed by atoms with van der Waals surface area (Å²) < 4.78 is 0. The van der Waals surface area contributed by atoms with Crippen molar-refractivity contribution in [3.8, 4) is 0 Å². The number of piperidine rings is 1. The van der Waals surface area contributed by atoms with Crippen LogP contribution in [0.15, 0.2) is 35.3 Å². The van der Waals surface area contributed by atoms with Crippen LogP contribution in [0.25, 0.3) is 0 Å². The number of carbonyl (C=O) groups is 1. The molecule has 1 aliphatic heterocycles. The van der Waals surface area contributed by atoms with Gasteiger partial charge in [0.25, 0.3) is 0 Å². The molecule has 0 aromatic heterocycles. The maximum Gasteiger partial charge on any atom is 0.243 e. The number of hydrogen-bond acceptors (Lipinski definition) is 4. The number of hydrogen-bond donors (Lipinski definition) is 2. The molecule has 0 radical (unpaired) electrons. The highest BCUT2D eigenvalue weighted by Crippen LogP contribution is 2.19. The van der Waals surface area contributed by atoms with E-state index >= 15 is 0 Å². The molecule has 0 unspecified atom stereocenters. The fraction of sp³-hybridized carbons (Fsp3) is 0.579. The zero-order valence-electron chi connectivity index (χ0n) is 16.1. The van der Waals surface area contributed by atoms with Crippen LogP contribution in [-0.2, 0) is 4.79 Å². The number of amides is 1. The smallest absolute Gasteiger partial charge is 0.243 e. The van der Waals surface area contributed by atoms with Crippen molar-refractivity contribution < 1.29 is 4.79 Å². The van der Waals surface area contributed by atoms with Crippen LogP contribution in [0.3, 0.4) is 0 Å². The number of carbonyl (C=O) groups excluding carboxylic acids is 1. The molecule has 0 atom stereocenters. The number of likely N-dealkylation sites (N-methyl/N-ethyl adjacent to an activating group) is 1. The summed E-state index contributed by atoms with van der Waals surface area (Å²) in [6.45, 7) is 3.06. The van der Waals surface area contributed by atoms with E-state index in [9.17, 15) is 4.79 Å². The van der Waals surface area contributed by atoms with Gasteiger partial charge in [0, 0.05) is 51.2 Å². The van der Waals surface area contributed by atoms with Gasteiger partial charge in [-0.15, -0.1) is 0 Å². The average molecular weight is 378 g/mol. The van der Waals surface area contributed by atoms with E-state index in [2.05, 4.69) is 57.1 Å². The lowest BCUT2D eigenvalue weighted by atomic mass is 10.0. The van der Waals surface area contributed by atoms with E-state index in [4.69, 9.17) is 0 Å². The molecule has 1 aromatic carbocycles. The quantitative estimate of drug-likeness (QED) is 0.430. The van der Waals surface area contributed by atoms with Gasteiger partial charge in [0.05, 0.1) is 0 Å². The number of nitrogens with zero attached hydrogens (tertiary/aromatic N) is 3. The largest absolute Gasteiger partial charge is 0.371 e. The summed E-state index contributed by atoms with van der Waals surface area (Å²) >= 11 is 1.79. The first-order chi connectivity index (χ1) is 12.6. The van der Waals surface area contributed by atoms with Crippen molar-refractivity contribution in [3.05, 3.63) is 30.3 Å². The van der Waals surface area contributed by atoms with Crippen LogP contribution in [-0.4, -0.2) is 75.1 Å². The summed E-state index contributed by atoms with van der Waals surface area (Å²) in [5.41, 5.74) is 1.29. The zero-order valence-corrected chi connectivity index (χ0v) is 16.9. The van der Waals surface area contributed by atoms with Gasteiger partial charge >= 0.3 is 0 Å². The normalized spacial score (nSPS) is 15.7. The Bertz CT molecular complexity index is 571. The molecule has 2 rings (SSSR count). The number of para-hydroxylation sites is 1. The zero-order chi connectivity index (χ0) is 18.8. The molecule has 0 spiro atoms. The highest BCUT2D eigenvalue weighted by atomic mass is 32.2. The summed E-state index contributed by atoms with van der Waals surface area (Å²) in [6.07, 6.45) is 4.19. The minimum atomic E-state index is 0.00913. The molecule has 1 aliphatic rings. The lowest BCUT2D eigenvalue weighted by molar-refractivity contribution is -0.127. The van der Waals surface area contributed by atoms with E-state index in [1.165, 1.54) is 5.69 Å². The van der Waals surface area contributed by atoms with Crippen molar-refractivity contribution in [2.45, 2.75) is 18.9 Å². The molecule has 0 aliphatic carbocycles. The van der Waals surface area contributed by atoms with Gasteiger partial charge in [-0.2, -0.15) is 11.8 Å². The summed E-state index contributed by atoms with van der Waals surface area (Å²) in [5, 5.41) is 6.85. The molecule has 1 fully saturated rings. The Morgan fingerprint density at radius 3 is 2.58 bits per heavy atom. The molecule has 0 saturated carbocycles. The Morgan fingerprint density at radius 2 is 1.96 bits per heavy atom. The molecule has 1 aromatic rings. The standard InChI is InChI=1S/C19H31N5OS/c1-23(2)18(25)15-21-19(20-11-14-26-3)22-16-9-12-24(13-10-16)17-7-5-4-6-8-17/h4-8,16H,9-15H2,1-3H3,(H2,20,21,22). The maximum absolute atomic E-state index is 11.8. The van der Waals surface area contributed by atoms with Crippen molar-refractivity contribution in [1.29, 1.82) is 0 Å². The fourth-order valence-corrected chi connectivity index (χ4v) is 3.13. The molecule has 0 bridgehead atoms. The molecule has 26 heavy (non-hydrogen) atoms. The number of guanidine groups is 1.